The fourth-order valence-corrected chi connectivity index (χ4v) is 2.65. The van der Waals surface area contributed by atoms with E-state index in [2.05, 4.69) is 47.3 Å². The lowest BCUT2D eigenvalue weighted by Crippen LogP contribution is -2.33. The minimum atomic E-state index is 0.0639. The number of benzene rings is 1. The van der Waals surface area contributed by atoms with Crippen LogP contribution in [0, 0.1) is 5.92 Å². The van der Waals surface area contributed by atoms with Crippen LogP contribution >= 0.6 is 15.9 Å². The van der Waals surface area contributed by atoms with Crippen molar-refractivity contribution in [2.24, 2.45) is 11.8 Å². The number of nitrogens with two attached hydrogens (primary N) is 1. The first-order chi connectivity index (χ1) is 8.67. The van der Waals surface area contributed by atoms with Gasteiger partial charge in [0.15, 0.2) is 0 Å². The van der Waals surface area contributed by atoms with Gasteiger partial charge in [-0.2, -0.15) is 0 Å². The predicted molar refractivity (Wildman–Crippen MR) is 79.0 cm³/mol. The number of nitrogens with zero attached hydrogens (tertiary/aromatic N) is 1. The van der Waals surface area contributed by atoms with E-state index < -0.39 is 0 Å². The summed E-state index contributed by atoms with van der Waals surface area (Å²) in [4.78, 5) is 4.73. The van der Waals surface area contributed by atoms with Crippen LogP contribution in [0.2, 0.25) is 0 Å². The van der Waals surface area contributed by atoms with Crippen LogP contribution in [0.25, 0.3) is 10.9 Å². The Balaban J connectivity index is 2.52. The molecule has 0 aliphatic heterocycles. The van der Waals surface area contributed by atoms with Crippen molar-refractivity contribution in [3.8, 4) is 0 Å². The van der Waals surface area contributed by atoms with Gasteiger partial charge in [-0.1, -0.05) is 38.5 Å². The number of hydrazine groups is 1. The van der Waals surface area contributed by atoms with Gasteiger partial charge in [0, 0.05) is 9.86 Å². The number of nitrogens with one attached hydrogen (secondary N) is 1. The largest absolute Gasteiger partial charge is 0.271 e. The van der Waals surface area contributed by atoms with Crippen molar-refractivity contribution in [2.45, 2.75) is 26.3 Å². The van der Waals surface area contributed by atoms with Crippen LogP contribution in [0.5, 0.6) is 0 Å². The smallest absolute Gasteiger partial charge is 0.0738 e. The van der Waals surface area contributed by atoms with Gasteiger partial charge in [-0.05, 0) is 34.0 Å². The zero-order valence-corrected chi connectivity index (χ0v) is 12.2. The van der Waals surface area contributed by atoms with Crippen molar-refractivity contribution in [2.75, 3.05) is 0 Å². The number of para-hydroxylation sites is 1. The van der Waals surface area contributed by atoms with E-state index in [1.54, 1.807) is 0 Å². The van der Waals surface area contributed by atoms with Crippen LogP contribution in [0.4, 0.5) is 0 Å². The topological polar surface area (TPSA) is 50.9 Å². The second-order valence-corrected chi connectivity index (χ2v) is 5.43. The monoisotopic (exact) mass is 307 g/mol. The summed E-state index contributed by atoms with van der Waals surface area (Å²) >= 11 is 3.60. The Morgan fingerprint density at radius 3 is 2.78 bits per heavy atom. The summed E-state index contributed by atoms with van der Waals surface area (Å²) in [5, 5.41) is 1.13. The third-order valence-corrected chi connectivity index (χ3v) is 4.03. The van der Waals surface area contributed by atoms with Gasteiger partial charge >= 0.3 is 0 Å². The van der Waals surface area contributed by atoms with Crippen molar-refractivity contribution >= 4 is 26.8 Å². The first kappa shape index (κ1) is 13.5. The third kappa shape index (κ3) is 2.55. The van der Waals surface area contributed by atoms with Gasteiger partial charge in [-0.15, -0.1) is 0 Å². The normalized spacial score (nSPS) is 14.7. The number of pyridine rings is 1. The molecule has 0 radical (unpaired) electrons. The fourth-order valence-electron chi connectivity index (χ4n) is 2.07. The van der Waals surface area contributed by atoms with E-state index in [0.717, 1.165) is 27.5 Å². The van der Waals surface area contributed by atoms with Gasteiger partial charge in [0.05, 0.1) is 17.3 Å². The average molecular weight is 308 g/mol. The lowest BCUT2D eigenvalue weighted by Gasteiger charge is -2.23. The van der Waals surface area contributed by atoms with Crippen molar-refractivity contribution in [1.82, 2.24) is 10.4 Å². The molecular formula is C14H18BrN3. The summed E-state index contributed by atoms with van der Waals surface area (Å²) in [7, 11) is 0. The molecule has 2 rings (SSSR count). The summed E-state index contributed by atoms with van der Waals surface area (Å²) in [5.74, 6) is 6.11. The van der Waals surface area contributed by atoms with Crippen LogP contribution in [-0.4, -0.2) is 4.98 Å². The van der Waals surface area contributed by atoms with E-state index in [1.165, 1.54) is 0 Å². The minimum absolute atomic E-state index is 0.0639. The SMILES string of the molecule is CCC(C)C(NN)c1nc2ccccc2cc1Br. The Kier molecular flexibility index (Phi) is 4.32. The molecule has 4 heteroatoms. The molecule has 1 aromatic heterocycles. The van der Waals surface area contributed by atoms with Crippen molar-refractivity contribution in [3.63, 3.8) is 0 Å². The molecule has 0 fully saturated rings. The van der Waals surface area contributed by atoms with Crippen molar-refractivity contribution in [1.29, 1.82) is 0 Å². The fraction of sp³-hybridized carbons (Fsp3) is 0.357. The van der Waals surface area contributed by atoms with E-state index in [-0.39, 0.29) is 6.04 Å². The molecule has 3 N–H and O–H groups in total. The number of fused-ring (bicyclic) bond motifs is 1. The molecule has 0 spiro atoms. The van der Waals surface area contributed by atoms with Crippen LogP contribution in [0.15, 0.2) is 34.8 Å². The predicted octanol–water partition coefficient (Wildman–Crippen LogP) is 3.55. The molecule has 0 aliphatic carbocycles. The number of rotatable bonds is 4. The molecule has 2 unspecified atom stereocenters. The molecule has 0 amide bonds. The second kappa shape index (κ2) is 5.78. The maximum atomic E-state index is 5.68. The van der Waals surface area contributed by atoms with E-state index >= 15 is 0 Å². The molecule has 0 bridgehead atoms. The number of hydrogen-bond acceptors (Lipinski definition) is 3. The standard InChI is InChI=1S/C14H18BrN3/c1-3-9(2)13(18-16)14-11(15)8-10-6-4-5-7-12(10)17-14/h4-9,13,18H,3,16H2,1-2H3. The first-order valence-corrected chi connectivity index (χ1v) is 6.98. The highest BCUT2D eigenvalue weighted by atomic mass is 79.9. The van der Waals surface area contributed by atoms with Gasteiger partial charge < -0.3 is 0 Å². The summed E-state index contributed by atoms with van der Waals surface area (Å²) in [6.07, 6.45) is 1.05. The summed E-state index contributed by atoms with van der Waals surface area (Å²) < 4.78 is 1.00. The van der Waals surface area contributed by atoms with Crippen LogP contribution in [0.3, 0.4) is 0 Å². The van der Waals surface area contributed by atoms with Crippen LogP contribution in [-0.2, 0) is 0 Å². The van der Waals surface area contributed by atoms with E-state index in [1.807, 2.05) is 18.2 Å². The van der Waals surface area contributed by atoms with Gasteiger partial charge in [-0.3, -0.25) is 11.3 Å². The molecule has 2 aromatic rings. The van der Waals surface area contributed by atoms with Crippen molar-refractivity contribution < 1.29 is 0 Å². The highest BCUT2D eigenvalue weighted by Crippen LogP contribution is 2.30. The molecule has 1 heterocycles. The van der Waals surface area contributed by atoms with Gasteiger partial charge in [0.1, 0.15) is 0 Å². The molecule has 0 saturated carbocycles. The zero-order valence-electron chi connectivity index (χ0n) is 10.7. The highest BCUT2D eigenvalue weighted by molar-refractivity contribution is 9.10. The zero-order chi connectivity index (χ0) is 13.1. The number of halogens is 1. The van der Waals surface area contributed by atoms with E-state index in [4.69, 9.17) is 10.8 Å². The quantitative estimate of drug-likeness (QED) is 0.671. The van der Waals surface area contributed by atoms with Gasteiger partial charge in [-0.25, -0.2) is 4.98 Å². The second-order valence-electron chi connectivity index (χ2n) is 4.58. The Bertz CT molecular complexity index is 542. The van der Waals surface area contributed by atoms with E-state index in [9.17, 15) is 0 Å². The van der Waals surface area contributed by atoms with Gasteiger partial charge in [0.25, 0.3) is 0 Å². The molecular weight excluding hydrogens is 290 g/mol. The molecule has 3 nitrogen and oxygen atoms in total. The summed E-state index contributed by atoms with van der Waals surface area (Å²) in [5.41, 5.74) is 4.86. The lowest BCUT2D eigenvalue weighted by atomic mass is 9.96. The number of aromatic nitrogens is 1. The molecule has 0 saturated heterocycles. The Labute approximate surface area is 116 Å². The molecule has 96 valence electrons. The van der Waals surface area contributed by atoms with E-state index in [0.29, 0.717) is 5.92 Å². The minimum Gasteiger partial charge on any atom is -0.271 e. The maximum Gasteiger partial charge on any atom is 0.0738 e. The Morgan fingerprint density at radius 2 is 2.11 bits per heavy atom. The molecule has 2 atom stereocenters. The highest BCUT2D eigenvalue weighted by Gasteiger charge is 2.20. The van der Waals surface area contributed by atoms with Gasteiger partial charge in [0.2, 0.25) is 0 Å². The average Bonchev–Trinajstić information content (AvgIpc) is 2.39. The summed E-state index contributed by atoms with van der Waals surface area (Å²) in [6.45, 7) is 4.33. The third-order valence-electron chi connectivity index (χ3n) is 3.39. The van der Waals surface area contributed by atoms with Crippen LogP contribution < -0.4 is 11.3 Å². The molecule has 0 aliphatic rings. The first-order valence-electron chi connectivity index (χ1n) is 6.18. The van der Waals surface area contributed by atoms with Crippen molar-refractivity contribution in [3.05, 3.63) is 40.5 Å². The Morgan fingerprint density at radius 1 is 1.39 bits per heavy atom. The van der Waals surface area contributed by atoms with Crippen LogP contribution in [0.1, 0.15) is 32.0 Å². The number of hydrogen-bond donors (Lipinski definition) is 2. The maximum absolute atomic E-state index is 5.68. The molecule has 1 aromatic carbocycles. The molecule has 18 heavy (non-hydrogen) atoms. The summed E-state index contributed by atoms with van der Waals surface area (Å²) in [6, 6.07) is 10.3. The lowest BCUT2D eigenvalue weighted by molar-refractivity contribution is 0.375. The Hall–Kier alpha value is -0.970.